The van der Waals surface area contributed by atoms with Crippen molar-refractivity contribution >= 4 is 0 Å². The van der Waals surface area contributed by atoms with E-state index in [0.29, 0.717) is 24.4 Å². The Hall–Kier alpha value is -1.46. The van der Waals surface area contributed by atoms with E-state index < -0.39 is 0 Å². The number of methoxy groups -OCH3 is 1. The van der Waals surface area contributed by atoms with Crippen molar-refractivity contribution in [2.45, 2.75) is 25.8 Å². The molecule has 1 aliphatic carbocycles. The van der Waals surface area contributed by atoms with Crippen molar-refractivity contribution in [3.8, 4) is 17.2 Å². The first-order chi connectivity index (χ1) is 10.3. The molecule has 0 spiro atoms. The van der Waals surface area contributed by atoms with Crippen LogP contribution in [-0.2, 0) is 6.54 Å². The fourth-order valence-electron chi connectivity index (χ4n) is 2.83. The van der Waals surface area contributed by atoms with Crippen LogP contribution in [0.15, 0.2) is 12.1 Å². The SMILES string of the molecule is COc1cc(CNCC2(CCO)CC2)cc2c1OCCO2. The van der Waals surface area contributed by atoms with Crippen molar-refractivity contribution in [3.63, 3.8) is 0 Å². The number of ether oxygens (including phenoxy) is 3. The molecule has 1 aliphatic heterocycles. The van der Waals surface area contributed by atoms with Crippen LogP contribution in [0.2, 0.25) is 0 Å². The van der Waals surface area contributed by atoms with Gasteiger partial charge in [-0.2, -0.15) is 0 Å². The summed E-state index contributed by atoms with van der Waals surface area (Å²) in [6, 6.07) is 4.00. The van der Waals surface area contributed by atoms with Crippen molar-refractivity contribution in [1.29, 1.82) is 0 Å². The van der Waals surface area contributed by atoms with Crippen LogP contribution in [0.25, 0.3) is 0 Å². The summed E-state index contributed by atoms with van der Waals surface area (Å²) in [6.45, 7) is 3.13. The molecule has 1 fully saturated rings. The summed E-state index contributed by atoms with van der Waals surface area (Å²) in [5, 5.41) is 12.6. The van der Waals surface area contributed by atoms with Gasteiger partial charge in [0.05, 0.1) is 7.11 Å². The lowest BCUT2D eigenvalue weighted by atomic mass is 10.0. The lowest BCUT2D eigenvalue weighted by molar-refractivity contribution is 0.165. The second-order valence-corrected chi connectivity index (χ2v) is 5.90. The maximum atomic E-state index is 9.08. The smallest absolute Gasteiger partial charge is 0.203 e. The molecular formula is C16H23NO4. The van der Waals surface area contributed by atoms with Gasteiger partial charge in [0.2, 0.25) is 5.75 Å². The Bertz CT molecular complexity index is 482. The van der Waals surface area contributed by atoms with Crippen LogP contribution in [-0.4, -0.2) is 38.6 Å². The Balaban J connectivity index is 1.63. The average Bonchev–Trinajstić information content (AvgIpc) is 3.26. The highest BCUT2D eigenvalue weighted by Gasteiger charge is 2.41. The van der Waals surface area contributed by atoms with E-state index >= 15 is 0 Å². The van der Waals surface area contributed by atoms with Crippen molar-refractivity contribution in [1.82, 2.24) is 5.32 Å². The van der Waals surface area contributed by atoms with Crippen LogP contribution in [0, 0.1) is 5.41 Å². The number of aliphatic hydroxyl groups is 1. The summed E-state index contributed by atoms with van der Waals surface area (Å²) in [5.74, 6) is 2.18. The normalized spacial score (nSPS) is 18.4. The highest BCUT2D eigenvalue weighted by atomic mass is 16.6. The van der Waals surface area contributed by atoms with Gasteiger partial charge in [0.15, 0.2) is 11.5 Å². The van der Waals surface area contributed by atoms with Gasteiger partial charge in [0.1, 0.15) is 13.2 Å². The molecular weight excluding hydrogens is 270 g/mol. The van der Waals surface area contributed by atoms with Crippen molar-refractivity contribution in [2.75, 3.05) is 33.5 Å². The standard InChI is InChI=1S/C16H23NO4/c1-19-13-8-12(9-14-15(13)21-7-6-20-14)10-17-11-16(2-3-16)4-5-18/h8-9,17-18H,2-7,10-11H2,1H3. The molecule has 1 saturated carbocycles. The van der Waals surface area contributed by atoms with Crippen LogP contribution >= 0.6 is 0 Å². The molecule has 2 N–H and O–H groups in total. The third-order valence-corrected chi connectivity index (χ3v) is 4.32. The van der Waals surface area contributed by atoms with E-state index in [-0.39, 0.29) is 6.61 Å². The minimum Gasteiger partial charge on any atom is -0.493 e. The molecule has 3 rings (SSSR count). The summed E-state index contributed by atoms with van der Waals surface area (Å²) in [6.07, 6.45) is 3.32. The predicted molar refractivity (Wildman–Crippen MR) is 79.1 cm³/mol. The topological polar surface area (TPSA) is 60.0 Å². The number of nitrogens with one attached hydrogen (secondary N) is 1. The number of hydrogen-bond acceptors (Lipinski definition) is 5. The molecule has 0 aromatic heterocycles. The fourth-order valence-corrected chi connectivity index (χ4v) is 2.83. The summed E-state index contributed by atoms with van der Waals surface area (Å²) in [5.41, 5.74) is 1.45. The molecule has 1 aromatic carbocycles. The summed E-state index contributed by atoms with van der Waals surface area (Å²) >= 11 is 0. The molecule has 1 heterocycles. The number of rotatable bonds is 7. The number of fused-ring (bicyclic) bond motifs is 1. The largest absolute Gasteiger partial charge is 0.493 e. The summed E-state index contributed by atoms with van der Waals surface area (Å²) in [4.78, 5) is 0. The second-order valence-electron chi connectivity index (χ2n) is 5.90. The Labute approximate surface area is 125 Å². The zero-order valence-electron chi connectivity index (χ0n) is 12.5. The lowest BCUT2D eigenvalue weighted by Crippen LogP contribution is -2.24. The first-order valence-electron chi connectivity index (χ1n) is 7.54. The van der Waals surface area contributed by atoms with E-state index in [9.17, 15) is 0 Å². The monoisotopic (exact) mass is 293 g/mol. The minimum absolute atomic E-state index is 0.277. The number of hydrogen-bond donors (Lipinski definition) is 2. The minimum atomic E-state index is 0.277. The maximum absolute atomic E-state index is 9.08. The Kier molecular flexibility index (Phi) is 4.22. The van der Waals surface area contributed by atoms with Gasteiger partial charge < -0.3 is 24.6 Å². The summed E-state index contributed by atoms with van der Waals surface area (Å²) < 4.78 is 16.6. The van der Waals surface area contributed by atoms with Gasteiger partial charge >= 0.3 is 0 Å². The highest BCUT2D eigenvalue weighted by Crippen LogP contribution is 2.48. The van der Waals surface area contributed by atoms with Gasteiger partial charge in [0, 0.05) is 19.7 Å². The number of aliphatic hydroxyl groups excluding tert-OH is 1. The van der Waals surface area contributed by atoms with E-state index in [1.165, 1.54) is 12.8 Å². The van der Waals surface area contributed by atoms with Gasteiger partial charge in [-0.15, -0.1) is 0 Å². The third kappa shape index (κ3) is 3.24. The third-order valence-electron chi connectivity index (χ3n) is 4.32. The van der Waals surface area contributed by atoms with E-state index in [1.54, 1.807) is 7.11 Å². The molecule has 0 radical (unpaired) electrons. The fraction of sp³-hybridized carbons (Fsp3) is 0.625. The molecule has 1 aromatic rings. The van der Waals surface area contributed by atoms with Crippen LogP contribution in [0.1, 0.15) is 24.8 Å². The quantitative estimate of drug-likeness (QED) is 0.801. The molecule has 2 aliphatic rings. The van der Waals surface area contributed by atoms with Crippen LogP contribution in [0.4, 0.5) is 0 Å². The molecule has 0 saturated heterocycles. The van der Waals surface area contributed by atoms with Gasteiger partial charge in [-0.1, -0.05) is 0 Å². The van der Waals surface area contributed by atoms with Crippen molar-refractivity contribution in [3.05, 3.63) is 17.7 Å². The first-order valence-corrected chi connectivity index (χ1v) is 7.54. The second kappa shape index (κ2) is 6.12. The summed E-state index contributed by atoms with van der Waals surface area (Å²) in [7, 11) is 1.64. The lowest BCUT2D eigenvalue weighted by Gasteiger charge is -2.22. The molecule has 0 unspecified atom stereocenters. The Morgan fingerprint density at radius 1 is 1.29 bits per heavy atom. The van der Waals surface area contributed by atoms with Gasteiger partial charge in [-0.05, 0) is 42.4 Å². The first kappa shape index (κ1) is 14.5. The van der Waals surface area contributed by atoms with Crippen molar-refractivity contribution in [2.24, 2.45) is 5.41 Å². The molecule has 21 heavy (non-hydrogen) atoms. The highest BCUT2D eigenvalue weighted by molar-refractivity contribution is 5.54. The van der Waals surface area contributed by atoms with E-state index in [0.717, 1.165) is 36.6 Å². The Morgan fingerprint density at radius 3 is 2.81 bits per heavy atom. The Morgan fingerprint density at radius 2 is 2.10 bits per heavy atom. The van der Waals surface area contributed by atoms with E-state index in [1.807, 2.05) is 12.1 Å². The van der Waals surface area contributed by atoms with Crippen LogP contribution < -0.4 is 19.5 Å². The molecule has 5 nitrogen and oxygen atoms in total. The van der Waals surface area contributed by atoms with E-state index in [4.69, 9.17) is 19.3 Å². The van der Waals surface area contributed by atoms with Gasteiger partial charge in [0.25, 0.3) is 0 Å². The predicted octanol–water partition coefficient (Wildman–Crippen LogP) is 1.72. The average molecular weight is 293 g/mol. The molecule has 5 heteroatoms. The van der Waals surface area contributed by atoms with E-state index in [2.05, 4.69) is 5.32 Å². The van der Waals surface area contributed by atoms with Crippen molar-refractivity contribution < 1.29 is 19.3 Å². The molecule has 0 amide bonds. The zero-order valence-corrected chi connectivity index (χ0v) is 12.5. The van der Waals surface area contributed by atoms with Crippen LogP contribution in [0.3, 0.4) is 0 Å². The van der Waals surface area contributed by atoms with Gasteiger partial charge in [-0.3, -0.25) is 0 Å². The molecule has 116 valence electrons. The molecule has 0 bridgehead atoms. The van der Waals surface area contributed by atoms with Crippen LogP contribution in [0.5, 0.6) is 17.2 Å². The molecule has 0 atom stereocenters. The zero-order chi connectivity index (χ0) is 14.7. The number of benzene rings is 1. The van der Waals surface area contributed by atoms with Gasteiger partial charge in [-0.25, -0.2) is 0 Å². The maximum Gasteiger partial charge on any atom is 0.203 e.